The SMILES string of the molecule is C=CC(=O)[N+]1([O-])CCCCC1. The normalized spacial score (nSPS) is 22.6. The number of likely N-dealkylation sites (tertiary alicyclic amines) is 1. The number of nitrogens with zero attached hydrogens (tertiary/aromatic N) is 1. The summed E-state index contributed by atoms with van der Waals surface area (Å²) in [6, 6.07) is 0. The Morgan fingerprint density at radius 2 is 1.91 bits per heavy atom. The standard InChI is InChI=1S/C8H13NO2/c1-2-8(10)9(11)6-4-3-5-7-9/h2H,1,3-7H2. The average Bonchev–Trinajstić information content (AvgIpc) is 2.04. The predicted octanol–water partition coefficient (Wildman–Crippen LogP) is 1.20. The van der Waals surface area contributed by atoms with E-state index in [2.05, 4.69) is 6.58 Å². The maximum absolute atomic E-state index is 11.6. The predicted molar refractivity (Wildman–Crippen MR) is 42.4 cm³/mol. The number of hydrogen-bond donors (Lipinski definition) is 0. The fraction of sp³-hybridized carbons (Fsp3) is 0.625. The second-order valence-electron chi connectivity index (χ2n) is 2.94. The molecule has 1 aliphatic heterocycles. The van der Waals surface area contributed by atoms with Crippen LogP contribution in [0.1, 0.15) is 19.3 Å². The van der Waals surface area contributed by atoms with E-state index in [9.17, 15) is 10.0 Å². The Kier molecular flexibility index (Phi) is 2.42. The maximum Gasteiger partial charge on any atom is 0.338 e. The van der Waals surface area contributed by atoms with Gasteiger partial charge in [-0.3, -0.25) is 4.65 Å². The van der Waals surface area contributed by atoms with Crippen LogP contribution in [0.4, 0.5) is 0 Å². The molecule has 62 valence electrons. The van der Waals surface area contributed by atoms with E-state index in [1.165, 1.54) is 0 Å². The van der Waals surface area contributed by atoms with Crippen LogP contribution < -0.4 is 0 Å². The van der Waals surface area contributed by atoms with Gasteiger partial charge in [-0.1, -0.05) is 6.58 Å². The average molecular weight is 155 g/mol. The maximum atomic E-state index is 11.6. The van der Waals surface area contributed by atoms with E-state index in [1.54, 1.807) is 0 Å². The van der Waals surface area contributed by atoms with Crippen molar-refractivity contribution < 1.29 is 9.44 Å². The topological polar surface area (TPSA) is 40.1 Å². The lowest BCUT2D eigenvalue weighted by molar-refractivity contribution is -0.807. The number of quaternary nitrogens is 1. The molecule has 3 heteroatoms. The smallest absolute Gasteiger partial charge is 0.338 e. The van der Waals surface area contributed by atoms with Crippen molar-refractivity contribution in [2.75, 3.05) is 13.1 Å². The third kappa shape index (κ3) is 1.67. The number of rotatable bonds is 1. The van der Waals surface area contributed by atoms with Crippen LogP contribution in [0.5, 0.6) is 0 Å². The molecule has 0 radical (unpaired) electrons. The van der Waals surface area contributed by atoms with Crippen molar-refractivity contribution in [3.05, 3.63) is 17.9 Å². The summed E-state index contributed by atoms with van der Waals surface area (Å²) in [7, 11) is 0. The van der Waals surface area contributed by atoms with Gasteiger partial charge < -0.3 is 5.21 Å². The first-order valence-electron chi connectivity index (χ1n) is 3.94. The molecule has 1 heterocycles. The molecule has 0 aromatic heterocycles. The molecule has 1 amide bonds. The molecule has 0 unspecified atom stereocenters. The molecule has 3 nitrogen and oxygen atoms in total. The van der Waals surface area contributed by atoms with Crippen molar-refractivity contribution in [1.29, 1.82) is 0 Å². The van der Waals surface area contributed by atoms with Crippen LogP contribution in [-0.4, -0.2) is 23.6 Å². The van der Waals surface area contributed by atoms with Gasteiger partial charge in [0.15, 0.2) is 0 Å². The summed E-state index contributed by atoms with van der Waals surface area (Å²) >= 11 is 0. The first-order valence-corrected chi connectivity index (χ1v) is 3.94. The summed E-state index contributed by atoms with van der Waals surface area (Å²) in [5, 5.41) is 11.6. The minimum atomic E-state index is -0.677. The van der Waals surface area contributed by atoms with Gasteiger partial charge in [-0.2, -0.15) is 0 Å². The van der Waals surface area contributed by atoms with E-state index in [0.717, 1.165) is 25.3 Å². The highest BCUT2D eigenvalue weighted by atomic mass is 16.6. The number of carbonyl (C=O) groups excluding carboxylic acids is 1. The first-order chi connectivity index (χ1) is 5.19. The summed E-state index contributed by atoms with van der Waals surface area (Å²) in [6.45, 7) is 4.19. The van der Waals surface area contributed by atoms with E-state index < -0.39 is 4.65 Å². The van der Waals surface area contributed by atoms with E-state index >= 15 is 0 Å². The largest absolute Gasteiger partial charge is 0.625 e. The second-order valence-corrected chi connectivity index (χ2v) is 2.94. The number of carbonyl (C=O) groups is 1. The summed E-state index contributed by atoms with van der Waals surface area (Å²) < 4.78 is -0.677. The van der Waals surface area contributed by atoms with Crippen molar-refractivity contribution in [2.24, 2.45) is 0 Å². The molecule has 0 aromatic carbocycles. The van der Waals surface area contributed by atoms with Crippen molar-refractivity contribution in [2.45, 2.75) is 19.3 Å². The van der Waals surface area contributed by atoms with Crippen molar-refractivity contribution in [3.8, 4) is 0 Å². The third-order valence-corrected chi connectivity index (χ3v) is 2.11. The molecular formula is C8H13NO2. The first kappa shape index (κ1) is 8.43. The lowest BCUT2D eigenvalue weighted by Crippen LogP contribution is -2.49. The number of piperidine rings is 1. The molecule has 0 atom stereocenters. The van der Waals surface area contributed by atoms with Crippen molar-refractivity contribution >= 4 is 5.91 Å². The Morgan fingerprint density at radius 3 is 2.36 bits per heavy atom. The van der Waals surface area contributed by atoms with Crippen LogP contribution in [0, 0.1) is 5.21 Å². The quantitative estimate of drug-likeness (QED) is 0.324. The summed E-state index contributed by atoms with van der Waals surface area (Å²) in [5.41, 5.74) is 0. The monoisotopic (exact) mass is 155 g/mol. The van der Waals surface area contributed by atoms with Crippen molar-refractivity contribution in [3.63, 3.8) is 0 Å². The van der Waals surface area contributed by atoms with E-state index in [-0.39, 0.29) is 5.91 Å². The van der Waals surface area contributed by atoms with Gasteiger partial charge in [0.1, 0.15) is 0 Å². The van der Waals surface area contributed by atoms with Crippen LogP contribution in [0.3, 0.4) is 0 Å². The molecule has 0 saturated carbocycles. The Labute approximate surface area is 66.5 Å². The van der Waals surface area contributed by atoms with Crippen LogP contribution in [0.15, 0.2) is 12.7 Å². The molecule has 11 heavy (non-hydrogen) atoms. The van der Waals surface area contributed by atoms with E-state index in [1.807, 2.05) is 0 Å². The lowest BCUT2D eigenvalue weighted by atomic mass is 10.1. The molecule has 1 rings (SSSR count). The Hall–Kier alpha value is -0.670. The third-order valence-electron chi connectivity index (χ3n) is 2.11. The molecule has 1 saturated heterocycles. The van der Waals surface area contributed by atoms with Gasteiger partial charge in [0.25, 0.3) is 0 Å². The highest BCUT2D eigenvalue weighted by molar-refractivity contribution is 5.81. The summed E-state index contributed by atoms with van der Waals surface area (Å²) in [5.74, 6) is -0.385. The fourth-order valence-electron chi connectivity index (χ4n) is 1.41. The molecule has 0 spiro atoms. The highest BCUT2D eigenvalue weighted by Gasteiger charge is 2.26. The number of amides is 1. The second kappa shape index (κ2) is 3.15. The van der Waals surface area contributed by atoms with Gasteiger partial charge in [-0.15, -0.1) is 0 Å². The molecule has 0 N–H and O–H groups in total. The van der Waals surface area contributed by atoms with E-state index in [4.69, 9.17) is 0 Å². The zero-order valence-corrected chi connectivity index (χ0v) is 6.58. The molecule has 0 aromatic rings. The van der Waals surface area contributed by atoms with Gasteiger partial charge in [0.2, 0.25) is 0 Å². The summed E-state index contributed by atoms with van der Waals surface area (Å²) in [4.78, 5) is 11.0. The Morgan fingerprint density at radius 1 is 1.36 bits per heavy atom. The van der Waals surface area contributed by atoms with Crippen LogP contribution in [0.25, 0.3) is 0 Å². The summed E-state index contributed by atoms with van der Waals surface area (Å²) in [6.07, 6.45) is 3.94. The molecule has 1 aliphatic rings. The molecule has 0 aliphatic carbocycles. The van der Waals surface area contributed by atoms with E-state index in [0.29, 0.717) is 13.1 Å². The minimum Gasteiger partial charge on any atom is -0.625 e. The molecule has 1 fully saturated rings. The number of hydrogen-bond acceptors (Lipinski definition) is 2. The van der Waals surface area contributed by atoms with Gasteiger partial charge in [-0.25, -0.2) is 4.79 Å². The zero-order valence-electron chi connectivity index (χ0n) is 6.58. The fourth-order valence-corrected chi connectivity index (χ4v) is 1.41. The van der Waals surface area contributed by atoms with Gasteiger partial charge in [0.05, 0.1) is 13.1 Å². The number of hydroxylamine groups is 3. The van der Waals surface area contributed by atoms with Gasteiger partial charge in [0, 0.05) is 6.08 Å². The lowest BCUT2D eigenvalue weighted by Gasteiger charge is -2.41. The Bertz CT molecular complexity index is 171. The van der Waals surface area contributed by atoms with Crippen LogP contribution >= 0.6 is 0 Å². The Balaban J connectivity index is 2.63. The van der Waals surface area contributed by atoms with Gasteiger partial charge >= 0.3 is 5.91 Å². The molecular weight excluding hydrogens is 142 g/mol. The minimum absolute atomic E-state index is 0.385. The highest BCUT2D eigenvalue weighted by Crippen LogP contribution is 2.17. The van der Waals surface area contributed by atoms with Gasteiger partial charge in [-0.05, 0) is 19.3 Å². The zero-order chi connectivity index (χ0) is 8.32. The molecule has 0 bridgehead atoms. The van der Waals surface area contributed by atoms with Crippen molar-refractivity contribution in [1.82, 2.24) is 0 Å². The van der Waals surface area contributed by atoms with Crippen LogP contribution in [0.2, 0.25) is 0 Å². The van der Waals surface area contributed by atoms with Crippen LogP contribution in [-0.2, 0) is 4.79 Å².